The van der Waals surface area contributed by atoms with Crippen molar-refractivity contribution in [3.8, 4) is 0 Å². The van der Waals surface area contributed by atoms with Gasteiger partial charge in [0.2, 0.25) is 0 Å². The van der Waals surface area contributed by atoms with Crippen molar-refractivity contribution in [2.75, 3.05) is 0 Å². The zero-order valence-electron chi connectivity index (χ0n) is 7.62. The van der Waals surface area contributed by atoms with Gasteiger partial charge in [-0.05, 0) is 5.56 Å². The Balaban J connectivity index is 2.44. The van der Waals surface area contributed by atoms with Gasteiger partial charge in [-0.3, -0.25) is 0 Å². The Morgan fingerprint density at radius 3 is 2.83 bits per heavy atom. The molecule has 0 aromatic heterocycles. The van der Waals surface area contributed by atoms with Crippen LogP contribution in [0.3, 0.4) is 0 Å². The predicted octanol–water partition coefficient (Wildman–Crippen LogP) is 1.92. The molecule has 0 atom stereocenters. The lowest BCUT2D eigenvalue weighted by Gasteiger charge is -2.00. The summed E-state index contributed by atoms with van der Waals surface area (Å²) in [6, 6.07) is 8.97. The van der Waals surface area contributed by atoms with Gasteiger partial charge in [-0.1, -0.05) is 36.9 Å². The Labute approximate surface area is 72.9 Å². The highest BCUT2D eigenvalue weighted by atomic mass is 16.5. The van der Waals surface area contributed by atoms with E-state index in [0.717, 1.165) is 5.56 Å². The molecule has 0 aliphatic carbocycles. The van der Waals surface area contributed by atoms with Crippen molar-refractivity contribution in [2.24, 2.45) is 0 Å². The highest BCUT2D eigenvalue weighted by Crippen LogP contribution is 2.00. The molecule has 62 valence electrons. The van der Waals surface area contributed by atoms with Crippen LogP contribution in [-0.4, -0.2) is 5.97 Å². The number of ether oxygens (including phenoxy) is 1. The zero-order valence-corrected chi connectivity index (χ0v) is 6.62. The summed E-state index contributed by atoms with van der Waals surface area (Å²) in [6.45, 7) is 3.35. The van der Waals surface area contributed by atoms with Crippen LogP contribution in [0.2, 0.25) is 0 Å². The molecule has 0 bridgehead atoms. The summed E-state index contributed by atoms with van der Waals surface area (Å²) in [5.41, 5.74) is 0.900. The van der Waals surface area contributed by atoms with E-state index < -0.39 is 5.97 Å². The summed E-state index contributed by atoms with van der Waals surface area (Å²) in [4.78, 5) is 10.8. The molecule has 2 nitrogen and oxygen atoms in total. The smallest absolute Gasteiger partial charge is 0.330 e. The van der Waals surface area contributed by atoms with Crippen molar-refractivity contribution in [1.82, 2.24) is 0 Å². The van der Waals surface area contributed by atoms with Crippen LogP contribution in [0.15, 0.2) is 43.0 Å². The Kier molecular flexibility index (Phi) is 2.57. The number of hydrogen-bond acceptors (Lipinski definition) is 2. The van der Waals surface area contributed by atoms with Crippen LogP contribution in [0.1, 0.15) is 6.93 Å². The highest BCUT2D eigenvalue weighted by Gasteiger charge is 1.95. The van der Waals surface area contributed by atoms with Gasteiger partial charge in [0, 0.05) is 6.05 Å². The minimum Gasteiger partial charge on any atom is -0.458 e. The van der Waals surface area contributed by atoms with Gasteiger partial charge in [0.1, 0.15) is 6.61 Å². The Hall–Kier alpha value is -1.57. The molecule has 0 heterocycles. The van der Waals surface area contributed by atoms with Gasteiger partial charge in [-0.25, -0.2) is 4.79 Å². The van der Waals surface area contributed by atoms with E-state index in [4.69, 9.17) is 6.11 Å². The van der Waals surface area contributed by atoms with Crippen molar-refractivity contribution in [1.29, 1.82) is 0 Å². The van der Waals surface area contributed by atoms with Gasteiger partial charge in [0.25, 0.3) is 0 Å². The van der Waals surface area contributed by atoms with Crippen LogP contribution in [0.25, 0.3) is 0 Å². The molecule has 0 fully saturated rings. The van der Waals surface area contributed by atoms with Gasteiger partial charge in [-0.15, -0.1) is 0 Å². The molecule has 12 heavy (non-hydrogen) atoms. The second-order valence-corrected chi connectivity index (χ2v) is 2.24. The van der Waals surface area contributed by atoms with Crippen molar-refractivity contribution < 1.29 is 10.9 Å². The molecular weight excluding hydrogens is 152 g/mol. The van der Waals surface area contributed by atoms with E-state index in [2.05, 4.69) is 6.58 Å². The van der Waals surface area contributed by atoms with Crippen LogP contribution >= 0.6 is 0 Å². The summed E-state index contributed by atoms with van der Waals surface area (Å²) in [5.74, 6) is -0.677. The SMILES string of the molecule is [3H]C(=C)C(=O)OCc1ccccc1. The summed E-state index contributed by atoms with van der Waals surface area (Å²) in [7, 11) is 0. The van der Waals surface area contributed by atoms with E-state index in [1.54, 1.807) is 0 Å². The summed E-state index contributed by atoms with van der Waals surface area (Å²) >= 11 is 0. The molecule has 1 rings (SSSR count). The van der Waals surface area contributed by atoms with E-state index in [-0.39, 0.29) is 12.7 Å². The molecule has 0 aliphatic rings. The molecule has 1 aromatic carbocycles. The standard InChI is InChI=1S/C10H10O2/c1-2-10(11)12-8-9-6-4-3-5-7-9/h2-7H,1,8H2/i2T. The zero-order chi connectivity index (χ0) is 9.68. The summed E-state index contributed by atoms with van der Waals surface area (Å²) in [6.07, 6.45) is 0. The first-order valence-corrected chi connectivity index (χ1v) is 3.56. The minimum atomic E-state index is -0.677. The molecular formula is C10H10O2. The molecule has 0 aliphatic heterocycles. The second kappa shape index (κ2) is 4.34. The fourth-order valence-corrected chi connectivity index (χ4v) is 0.774. The maximum Gasteiger partial charge on any atom is 0.330 e. The third kappa shape index (κ3) is 2.58. The maximum absolute atomic E-state index is 10.8. The van der Waals surface area contributed by atoms with Gasteiger partial charge in [0.15, 0.2) is 0 Å². The Bertz CT molecular complexity index is 306. The molecule has 0 amide bonds. The number of hydrogen-bond donors (Lipinski definition) is 0. The number of benzene rings is 1. The monoisotopic (exact) mass is 164 g/mol. The fourth-order valence-electron chi connectivity index (χ4n) is 0.774. The first-order chi connectivity index (χ1) is 6.20. The Morgan fingerprint density at radius 2 is 2.25 bits per heavy atom. The average molecular weight is 164 g/mol. The molecule has 0 N–H and O–H groups in total. The van der Waals surface area contributed by atoms with Crippen molar-refractivity contribution in [3.63, 3.8) is 0 Å². The first-order valence-electron chi connectivity index (χ1n) is 4.06. The van der Waals surface area contributed by atoms with E-state index in [9.17, 15) is 4.79 Å². The van der Waals surface area contributed by atoms with Crippen LogP contribution in [0.4, 0.5) is 0 Å². The van der Waals surface area contributed by atoms with Crippen molar-refractivity contribution in [2.45, 2.75) is 6.61 Å². The molecule has 0 radical (unpaired) electrons. The Morgan fingerprint density at radius 1 is 1.58 bits per heavy atom. The summed E-state index contributed by atoms with van der Waals surface area (Å²) < 4.78 is 11.6. The van der Waals surface area contributed by atoms with Crippen LogP contribution in [0.5, 0.6) is 0 Å². The highest BCUT2D eigenvalue weighted by molar-refractivity contribution is 5.81. The van der Waals surface area contributed by atoms with Gasteiger partial charge < -0.3 is 4.74 Å². The van der Waals surface area contributed by atoms with Crippen LogP contribution in [0, 0.1) is 0 Å². The number of carbonyl (C=O) groups excluding carboxylic acids is 1. The lowest BCUT2D eigenvalue weighted by Crippen LogP contribution is -1.99. The maximum atomic E-state index is 10.8. The third-order valence-electron chi connectivity index (χ3n) is 1.36. The second-order valence-electron chi connectivity index (χ2n) is 2.24. The number of rotatable bonds is 3. The number of esters is 1. The molecule has 0 unspecified atom stereocenters. The van der Waals surface area contributed by atoms with E-state index in [1.807, 2.05) is 30.3 Å². The largest absolute Gasteiger partial charge is 0.458 e. The minimum absolute atomic E-state index is 0.192. The molecule has 0 saturated heterocycles. The normalized spacial score (nSPS) is 10.2. The van der Waals surface area contributed by atoms with Crippen molar-refractivity contribution in [3.05, 3.63) is 48.5 Å². The summed E-state index contributed by atoms with van der Waals surface area (Å²) in [5, 5.41) is 0. The molecule has 0 spiro atoms. The van der Waals surface area contributed by atoms with E-state index >= 15 is 0 Å². The molecule has 0 saturated carbocycles. The van der Waals surface area contributed by atoms with Gasteiger partial charge in [0.05, 0.1) is 1.37 Å². The van der Waals surface area contributed by atoms with Gasteiger partial charge >= 0.3 is 5.97 Å². The van der Waals surface area contributed by atoms with Crippen LogP contribution < -0.4 is 0 Å². The first kappa shape index (κ1) is 7.10. The van der Waals surface area contributed by atoms with E-state index in [0.29, 0.717) is 0 Å². The fraction of sp³-hybridized carbons (Fsp3) is 0.100. The van der Waals surface area contributed by atoms with E-state index in [1.165, 1.54) is 0 Å². The third-order valence-corrected chi connectivity index (χ3v) is 1.36. The van der Waals surface area contributed by atoms with Crippen molar-refractivity contribution >= 4 is 5.97 Å². The molecule has 1 aromatic rings. The molecule has 2 heteroatoms. The van der Waals surface area contributed by atoms with Crippen LogP contribution in [-0.2, 0) is 16.1 Å². The lowest BCUT2D eigenvalue weighted by atomic mass is 10.2. The average Bonchev–Trinajstić information content (AvgIpc) is 2.15. The van der Waals surface area contributed by atoms with Gasteiger partial charge in [-0.2, -0.15) is 0 Å². The quantitative estimate of drug-likeness (QED) is 0.504. The number of carbonyl (C=O) groups is 1. The topological polar surface area (TPSA) is 26.3 Å². The predicted molar refractivity (Wildman–Crippen MR) is 46.4 cm³/mol. The lowest BCUT2D eigenvalue weighted by molar-refractivity contribution is -0.138.